The van der Waals surface area contributed by atoms with E-state index >= 15 is 0 Å². The first kappa shape index (κ1) is 25.4. The van der Waals surface area contributed by atoms with Crippen molar-refractivity contribution in [2.24, 2.45) is 5.92 Å². The average Bonchev–Trinajstić information content (AvgIpc) is 2.72. The minimum Gasteiger partial charge on any atom is -0.483 e. The molecule has 0 saturated heterocycles. The Hall–Kier alpha value is -1.90. The quantitative estimate of drug-likeness (QED) is 0.479. The molecule has 1 amide bonds. The van der Waals surface area contributed by atoms with Crippen LogP contribution in [0.5, 0.6) is 5.75 Å². The van der Waals surface area contributed by atoms with E-state index in [1.54, 1.807) is 19.1 Å². The molecule has 0 radical (unpaired) electrons. The van der Waals surface area contributed by atoms with Crippen molar-refractivity contribution in [1.82, 2.24) is 4.72 Å². The number of amides is 1. The SMILES string of the molecule is CCc1cc(Br)cc(CC)c1NC(=O)COc1ccc(S(=O)(=O)NCC(C)C)cc1C. The number of sulfonamides is 1. The van der Waals surface area contributed by atoms with Crippen LogP contribution >= 0.6 is 15.9 Å². The van der Waals surface area contributed by atoms with Gasteiger partial charge in [-0.3, -0.25) is 4.79 Å². The Labute approximate surface area is 194 Å². The summed E-state index contributed by atoms with van der Waals surface area (Å²) in [5, 5.41) is 2.97. The number of benzene rings is 2. The van der Waals surface area contributed by atoms with E-state index in [0.717, 1.165) is 34.1 Å². The van der Waals surface area contributed by atoms with Crippen molar-refractivity contribution >= 4 is 37.5 Å². The van der Waals surface area contributed by atoms with Crippen LogP contribution < -0.4 is 14.8 Å². The molecule has 0 unspecified atom stereocenters. The Balaban J connectivity index is 2.08. The Morgan fingerprint density at radius 1 is 1.10 bits per heavy atom. The maximum Gasteiger partial charge on any atom is 0.262 e. The summed E-state index contributed by atoms with van der Waals surface area (Å²) in [5.74, 6) is 0.422. The van der Waals surface area contributed by atoms with Crippen molar-refractivity contribution in [2.45, 2.75) is 52.4 Å². The number of hydrogen-bond acceptors (Lipinski definition) is 4. The largest absolute Gasteiger partial charge is 0.483 e. The van der Waals surface area contributed by atoms with Gasteiger partial charge in [0.15, 0.2) is 6.61 Å². The molecule has 0 aliphatic carbocycles. The number of anilines is 1. The summed E-state index contributed by atoms with van der Waals surface area (Å²) in [6.07, 6.45) is 1.59. The highest BCUT2D eigenvalue weighted by atomic mass is 79.9. The van der Waals surface area contributed by atoms with Crippen molar-refractivity contribution in [3.63, 3.8) is 0 Å². The second-order valence-corrected chi connectivity index (χ2v) is 10.5. The minimum atomic E-state index is -3.57. The van der Waals surface area contributed by atoms with Crippen molar-refractivity contribution < 1.29 is 17.9 Å². The molecule has 8 heteroatoms. The molecule has 0 atom stereocenters. The van der Waals surface area contributed by atoms with Crippen molar-refractivity contribution in [1.29, 1.82) is 0 Å². The number of aryl methyl sites for hydroxylation is 3. The average molecular weight is 511 g/mol. The molecule has 2 N–H and O–H groups in total. The lowest BCUT2D eigenvalue weighted by Crippen LogP contribution is -2.27. The highest BCUT2D eigenvalue weighted by molar-refractivity contribution is 9.10. The van der Waals surface area contributed by atoms with Gasteiger partial charge in [-0.15, -0.1) is 0 Å². The van der Waals surface area contributed by atoms with Gasteiger partial charge in [-0.05, 0) is 72.7 Å². The van der Waals surface area contributed by atoms with Gasteiger partial charge < -0.3 is 10.1 Å². The second-order valence-electron chi connectivity index (χ2n) is 7.82. The monoisotopic (exact) mass is 510 g/mol. The molecule has 2 aromatic carbocycles. The molecule has 2 aromatic rings. The van der Waals surface area contributed by atoms with Crippen LogP contribution in [-0.2, 0) is 27.7 Å². The molecule has 0 fully saturated rings. The van der Waals surface area contributed by atoms with Crippen LogP contribution in [0.2, 0.25) is 0 Å². The van der Waals surface area contributed by atoms with Crippen LogP contribution in [0.25, 0.3) is 0 Å². The van der Waals surface area contributed by atoms with Crippen molar-refractivity contribution in [3.8, 4) is 5.75 Å². The molecular formula is C23H31BrN2O4S. The summed E-state index contributed by atoms with van der Waals surface area (Å²) in [6, 6.07) is 8.64. The van der Waals surface area contributed by atoms with Gasteiger partial charge in [0.05, 0.1) is 4.90 Å². The summed E-state index contributed by atoms with van der Waals surface area (Å²) in [6.45, 7) is 9.93. The lowest BCUT2D eigenvalue weighted by Gasteiger charge is -2.16. The van der Waals surface area contributed by atoms with E-state index in [2.05, 4.69) is 26.0 Å². The Morgan fingerprint density at radius 2 is 1.71 bits per heavy atom. The minimum absolute atomic E-state index is 0.166. The third-order valence-corrected chi connectivity index (χ3v) is 6.67. The first-order valence-corrected chi connectivity index (χ1v) is 12.7. The van der Waals surface area contributed by atoms with Gasteiger partial charge in [-0.1, -0.05) is 43.6 Å². The van der Waals surface area contributed by atoms with Gasteiger partial charge in [0.1, 0.15) is 5.75 Å². The first-order valence-electron chi connectivity index (χ1n) is 10.4. The number of halogens is 1. The van der Waals surface area contributed by atoms with Gasteiger partial charge in [0.2, 0.25) is 10.0 Å². The van der Waals surface area contributed by atoms with Gasteiger partial charge in [0.25, 0.3) is 5.91 Å². The van der Waals surface area contributed by atoms with E-state index < -0.39 is 10.0 Å². The van der Waals surface area contributed by atoms with Crippen molar-refractivity contribution in [2.75, 3.05) is 18.5 Å². The number of hydrogen-bond donors (Lipinski definition) is 2. The summed E-state index contributed by atoms with van der Waals surface area (Å²) < 4.78 is 34.0. The highest BCUT2D eigenvalue weighted by Gasteiger charge is 2.17. The maximum atomic E-state index is 12.5. The van der Waals surface area contributed by atoms with Crippen LogP contribution in [0, 0.1) is 12.8 Å². The third-order valence-electron chi connectivity index (χ3n) is 4.79. The van der Waals surface area contributed by atoms with E-state index in [4.69, 9.17) is 4.74 Å². The molecule has 0 aliphatic heterocycles. The summed E-state index contributed by atoms with van der Waals surface area (Å²) >= 11 is 3.52. The van der Waals surface area contributed by atoms with E-state index in [0.29, 0.717) is 17.9 Å². The molecule has 0 spiro atoms. The topological polar surface area (TPSA) is 84.5 Å². The van der Waals surface area contributed by atoms with Gasteiger partial charge >= 0.3 is 0 Å². The molecule has 0 aliphatic rings. The summed E-state index contributed by atoms with van der Waals surface area (Å²) in [4.78, 5) is 12.7. The molecular weight excluding hydrogens is 480 g/mol. The van der Waals surface area contributed by atoms with Gasteiger partial charge in [-0.2, -0.15) is 0 Å². The summed E-state index contributed by atoms with van der Waals surface area (Å²) in [5.41, 5.74) is 3.59. The number of nitrogens with one attached hydrogen (secondary N) is 2. The number of ether oxygens (including phenoxy) is 1. The second kappa shape index (κ2) is 11.1. The zero-order valence-electron chi connectivity index (χ0n) is 18.7. The predicted octanol–water partition coefficient (Wildman–Crippen LogP) is 4.83. The number of rotatable bonds is 10. The normalized spacial score (nSPS) is 11.6. The van der Waals surface area contributed by atoms with E-state index in [1.807, 2.05) is 39.8 Å². The maximum absolute atomic E-state index is 12.5. The standard InChI is InChI=1S/C23H31BrN2O4S/c1-6-17-11-19(24)12-18(7-2)23(17)26-22(27)14-30-21-9-8-20(10-16(21)5)31(28,29)25-13-15(3)4/h8-12,15,25H,6-7,13-14H2,1-5H3,(H,26,27). The fourth-order valence-electron chi connectivity index (χ4n) is 3.07. The van der Waals surface area contributed by atoms with Gasteiger partial charge in [0, 0.05) is 16.7 Å². The molecule has 0 heterocycles. The van der Waals surface area contributed by atoms with Crippen LogP contribution in [0.3, 0.4) is 0 Å². The smallest absolute Gasteiger partial charge is 0.262 e. The molecule has 31 heavy (non-hydrogen) atoms. The molecule has 0 saturated carbocycles. The third kappa shape index (κ3) is 7.05. The lowest BCUT2D eigenvalue weighted by molar-refractivity contribution is -0.118. The van der Waals surface area contributed by atoms with E-state index in [1.165, 1.54) is 6.07 Å². The fourth-order valence-corrected chi connectivity index (χ4v) is 4.92. The molecule has 0 aromatic heterocycles. The van der Waals surface area contributed by atoms with Crippen LogP contribution in [0.4, 0.5) is 5.69 Å². The Bertz CT molecular complexity index is 1010. The van der Waals surface area contributed by atoms with Gasteiger partial charge in [-0.25, -0.2) is 13.1 Å². The fraction of sp³-hybridized carbons (Fsp3) is 0.435. The number of carbonyl (C=O) groups is 1. The molecule has 170 valence electrons. The molecule has 6 nitrogen and oxygen atoms in total. The Kier molecular flexibility index (Phi) is 9.09. The molecule has 0 bridgehead atoms. The number of carbonyl (C=O) groups excluding carboxylic acids is 1. The zero-order chi connectivity index (χ0) is 23.2. The van der Waals surface area contributed by atoms with Crippen LogP contribution in [-0.4, -0.2) is 27.5 Å². The zero-order valence-corrected chi connectivity index (χ0v) is 21.1. The van der Waals surface area contributed by atoms with Crippen molar-refractivity contribution in [3.05, 3.63) is 51.5 Å². The van der Waals surface area contributed by atoms with E-state index in [9.17, 15) is 13.2 Å². The van der Waals surface area contributed by atoms with Crippen LogP contribution in [0.1, 0.15) is 44.4 Å². The lowest BCUT2D eigenvalue weighted by atomic mass is 10.0. The summed E-state index contributed by atoms with van der Waals surface area (Å²) in [7, 11) is -3.57. The Morgan fingerprint density at radius 3 is 2.23 bits per heavy atom. The first-order chi connectivity index (χ1) is 14.6. The van der Waals surface area contributed by atoms with E-state index in [-0.39, 0.29) is 23.3 Å². The van der Waals surface area contributed by atoms with Crippen LogP contribution in [0.15, 0.2) is 39.7 Å². The highest BCUT2D eigenvalue weighted by Crippen LogP contribution is 2.28. The molecule has 2 rings (SSSR count). The predicted molar refractivity (Wildman–Crippen MR) is 128 cm³/mol.